The van der Waals surface area contributed by atoms with Crippen molar-refractivity contribution in [3.05, 3.63) is 35.1 Å². The number of rotatable bonds is 2. The van der Waals surface area contributed by atoms with Crippen molar-refractivity contribution in [2.45, 2.75) is 32.2 Å². The molecule has 1 N–H and O–H groups in total. The predicted molar refractivity (Wildman–Crippen MR) is 66.9 cm³/mol. The SMILES string of the molecule is Cc1cccc(C(=O)N2CCCCC2CO)c1F. The normalized spacial score (nSPS) is 19.9. The van der Waals surface area contributed by atoms with Crippen LogP contribution in [-0.2, 0) is 0 Å². The molecule has 3 nitrogen and oxygen atoms in total. The van der Waals surface area contributed by atoms with Crippen molar-refractivity contribution in [3.63, 3.8) is 0 Å². The van der Waals surface area contributed by atoms with Gasteiger partial charge < -0.3 is 10.0 Å². The number of carbonyl (C=O) groups is 1. The maximum Gasteiger partial charge on any atom is 0.257 e. The molecule has 1 atom stereocenters. The Balaban J connectivity index is 2.27. The van der Waals surface area contributed by atoms with Gasteiger partial charge in [0.2, 0.25) is 0 Å². The van der Waals surface area contributed by atoms with Crippen LogP contribution in [0.1, 0.15) is 35.2 Å². The van der Waals surface area contributed by atoms with Gasteiger partial charge in [0, 0.05) is 6.54 Å². The number of nitrogens with zero attached hydrogens (tertiary/aromatic N) is 1. The highest BCUT2D eigenvalue weighted by atomic mass is 19.1. The van der Waals surface area contributed by atoms with Gasteiger partial charge in [-0.05, 0) is 37.8 Å². The van der Waals surface area contributed by atoms with E-state index in [9.17, 15) is 14.3 Å². The lowest BCUT2D eigenvalue weighted by molar-refractivity contribution is 0.0498. The number of likely N-dealkylation sites (tertiary alicyclic amines) is 1. The minimum Gasteiger partial charge on any atom is -0.394 e. The average Bonchev–Trinajstić information content (AvgIpc) is 2.41. The molecular weight excluding hydrogens is 233 g/mol. The Hall–Kier alpha value is -1.42. The van der Waals surface area contributed by atoms with Crippen LogP contribution in [0.2, 0.25) is 0 Å². The second-order valence-electron chi connectivity index (χ2n) is 4.77. The number of aliphatic hydroxyl groups excluding tert-OH is 1. The van der Waals surface area contributed by atoms with Crippen LogP contribution in [0.3, 0.4) is 0 Å². The van der Waals surface area contributed by atoms with Crippen LogP contribution in [0.4, 0.5) is 4.39 Å². The molecule has 18 heavy (non-hydrogen) atoms. The third-order valence-electron chi connectivity index (χ3n) is 3.52. The molecule has 0 saturated carbocycles. The van der Waals surface area contributed by atoms with Gasteiger partial charge in [-0.25, -0.2) is 4.39 Å². The average molecular weight is 251 g/mol. The number of halogens is 1. The number of carbonyl (C=O) groups excluding carboxylic acids is 1. The van der Waals surface area contributed by atoms with Gasteiger partial charge in [-0.15, -0.1) is 0 Å². The minimum atomic E-state index is -0.454. The number of hydrogen-bond donors (Lipinski definition) is 1. The Kier molecular flexibility index (Phi) is 3.97. The topological polar surface area (TPSA) is 40.5 Å². The fraction of sp³-hybridized carbons (Fsp3) is 0.500. The van der Waals surface area contributed by atoms with E-state index in [0.29, 0.717) is 12.1 Å². The molecule has 1 aromatic carbocycles. The molecule has 0 bridgehead atoms. The highest BCUT2D eigenvalue weighted by molar-refractivity contribution is 5.95. The standard InChI is InChI=1S/C14H18FNO2/c1-10-5-4-7-12(13(10)15)14(18)16-8-3-2-6-11(16)9-17/h4-5,7,11,17H,2-3,6,8-9H2,1H3. The van der Waals surface area contributed by atoms with E-state index >= 15 is 0 Å². The summed E-state index contributed by atoms with van der Waals surface area (Å²) in [5, 5.41) is 9.29. The van der Waals surface area contributed by atoms with E-state index in [2.05, 4.69) is 0 Å². The van der Waals surface area contributed by atoms with Crippen LogP contribution in [0.5, 0.6) is 0 Å². The molecule has 98 valence electrons. The monoisotopic (exact) mass is 251 g/mol. The molecule has 1 aliphatic rings. The van der Waals surface area contributed by atoms with Gasteiger partial charge in [-0.2, -0.15) is 0 Å². The molecule has 0 radical (unpaired) electrons. The maximum absolute atomic E-state index is 13.9. The zero-order chi connectivity index (χ0) is 13.1. The summed E-state index contributed by atoms with van der Waals surface area (Å²) < 4.78 is 13.9. The number of aryl methyl sites for hydroxylation is 1. The fourth-order valence-corrected chi connectivity index (χ4v) is 2.43. The van der Waals surface area contributed by atoms with Crippen LogP contribution in [-0.4, -0.2) is 35.1 Å². The van der Waals surface area contributed by atoms with Crippen LogP contribution >= 0.6 is 0 Å². The predicted octanol–water partition coefficient (Wildman–Crippen LogP) is 2.12. The van der Waals surface area contributed by atoms with Crippen LogP contribution < -0.4 is 0 Å². The smallest absolute Gasteiger partial charge is 0.257 e. The summed E-state index contributed by atoms with van der Waals surface area (Å²) in [7, 11) is 0. The van der Waals surface area contributed by atoms with Crippen LogP contribution in [0.25, 0.3) is 0 Å². The Labute approximate surface area is 106 Å². The molecule has 1 unspecified atom stereocenters. The lowest BCUT2D eigenvalue weighted by Crippen LogP contribution is -2.45. The third-order valence-corrected chi connectivity index (χ3v) is 3.52. The first-order valence-electron chi connectivity index (χ1n) is 6.32. The first kappa shape index (κ1) is 13.0. The first-order chi connectivity index (χ1) is 8.65. The molecule has 1 amide bonds. The summed E-state index contributed by atoms with van der Waals surface area (Å²) in [4.78, 5) is 13.9. The number of amides is 1. The number of piperidine rings is 1. The first-order valence-corrected chi connectivity index (χ1v) is 6.32. The fourth-order valence-electron chi connectivity index (χ4n) is 2.43. The second kappa shape index (κ2) is 5.48. The van der Waals surface area contributed by atoms with Crippen molar-refractivity contribution in [1.29, 1.82) is 0 Å². The Morgan fingerprint density at radius 2 is 2.28 bits per heavy atom. The molecule has 1 saturated heterocycles. The molecule has 1 aromatic rings. The van der Waals surface area contributed by atoms with Crippen molar-refractivity contribution in [2.75, 3.05) is 13.2 Å². The van der Waals surface area contributed by atoms with E-state index in [0.717, 1.165) is 19.3 Å². The van der Waals surface area contributed by atoms with Crippen LogP contribution in [0.15, 0.2) is 18.2 Å². The summed E-state index contributed by atoms with van der Waals surface area (Å²) in [6, 6.07) is 4.66. The molecule has 2 rings (SSSR count). The van der Waals surface area contributed by atoms with Crippen molar-refractivity contribution in [1.82, 2.24) is 4.90 Å². The lowest BCUT2D eigenvalue weighted by Gasteiger charge is -2.34. The Morgan fingerprint density at radius 1 is 1.50 bits per heavy atom. The maximum atomic E-state index is 13.9. The van der Waals surface area contributed by atoms with Crippen molar-refractivity contribution in [3.8, 4) is 0 Å². The van der Waals surface area contributed by atoms with Gasteiger partial charge in [0.1, 0.15) is 5.82 Å². The quantitative estimate of drug-likeness (QED) is 0.874. The van der Waals surface area contributed by atoms with E-state index in [1.165, 1.54) is 6.07 Å². The van der Waals surface area contributed by atoms with Gasteiger partial charge in [-0.3, -0.25) is 4.79 Å². The van der Waals surface area contributed by atoms with Gasteiger partial charge >= 0.3 is 0 Å². The van der Waals surface area contributed by atoms with Crippen molar-refractivity contribution >= 4 is 5.91 Å². The molecular formula is C14H18FNO2. The Morgan fingerprint density at radius 3 is 3.00 bits per heavy atom. The molecule has 1 aliphatic heterocycles. The number of aliphatic hydroxyl groups is 1. The molecule has 0 aromatic heterocycles. The molecule has 0 aliphatic carbocycles. The van der Waals surface area contributed by atoms with E-state index in [-0.39, 0.29) is 24.1 Å². The molecule has 0 spiro atoms. The zero-order valence-corrected chi connectivity index (χ0v) is 10.5. The summed E-state index contributed by atoms with van der Waals surface area (Å²) in [5.74, 6) is -0.764. The largest absolute Gasteiger partial charge is 0.394 e. The lowest BCUT2D eigenvalue weighted by atomic mass is 10.0. The van der Waals surface area contributed by atoms with Gasteiger partial charge in [-0.1, -0.05) is 12.1 Å². The highest BCUT2D eigenvalue weighted by Gasteiger charge is 2.28. The van der Waals surface area contributed by atoms with Crippen molar-refractivity contribution < 1.29 is 14.3 Å². The highest BCUT2D eigenvalue weighted by Crippen LogP contribution is 2.21. The second-order valence-corrected chi connectivity index (χ2v) is 4.77. The van der Waals surface area contributed by atoms with E-state index in [4.69, 9.17) is 0 Å². The number of hydrogen-bond acceptors (Lipinski definition) is 2. The minimum absolute atomic E-state index is 0.0564. The summed E-state index contributed by atoms with van der Waals surface area (Å²) >= 11 is 0. The summed E-state index contributed by atoms with van der Waals surface area (Å²) in [6.45, 7) is 2.18. The Bertz CT molecular complexity index is 447. The van der Waals surface area contributed by atoms with E-state index in [1.54, 1.807) is 24.0 Å². The summed E-state index contributed by atoms with van der Waals surface area (Å²) in [6.07, 6.45) is 2.71. The zero-order valence-electron chi connectivity index (χ0n) is 10.5. The van der Waals surface area contributed by atoms with E-state index < -0.39 is 5.82 Å². The van der Waals surface area contributed by atoms with Gasteiger partial charge in [0.05, 0.1) is 18.2 Å². The van der Waals surface area contributed by atoms with Crippen LogP contribution in [0, 0.1) is 12.7 Å². The molecule has 4 heteroatoms. The summed E-state index contributed by atoms with van der Waals surface area (Å²) in [5.41, 5.74) is 0.578. The van der Waals surface area contributed by atoms with Gasteiger partial charge in [0.25, 0.3) is 5.91 Å². The molecule has 1 fully saturated rings. The molecule has 1 heterocycles. The third kappa shape index (κ3) is 2.38. The number of benzene rings is 1. The van der Waals surface area contributed by atoms with E-state index in [1.807, 2.05) is 0 Å². The van der Waals surface area contributed by atoms with Crippen molar-refractivity contribution in [2.24, 2.45) is 0 Å². The van der Waals surface area contributed by atoms with Gasteiger partial charge in [0.15, 0.2) is 0 Å².